The Labute approximate surface area is 209 Å². The highest BCUT2D eigenvalue weighted by Gasteiger charge is 2.40. The Morgan fingerprint density at radius 3 is 2.47 bits per heavy atom. The van der Waals surface area contributed by atoms with Crippen molar-refractivity contribution < 1.29 is 17.6 Å². The minimum atomic E-state index is -1.54. The molecular formula is C29H33F4N3. The van der Waals surface area contributed by atoms with Crippen molar-refractivity contribution in [2.45, 2.75) is 44.9 Å². The molecule has 0 saturated carbocycles. The fraction of sp³-hybridized carbons (Fsp3) is 0.448. The van der Waals surface area contributed by atoms with Gasteiger partial charge in [0.15, 0.2) is 0 Å². The van der Waals surface area contributed by atoms with Crippen molar-refractivity contribution in [1.82, 2.24) is 14.8 Å². The summed E-state index contributed by atoms with van der Waals surface area (Å²) < 4.78 is 58.9. The van der Waals surface area contributed by atoms with Crippen molar-refractivity contribution in [3.05, 3.63) is 76.5 Å². The molecule has 36 heavy (non-hydrogen) atoms. The Morgan fingerprint density at radius 2 is 1.81 bits per heavy atom. The van der Waals surface area contributed by atoms with E-state index in [1.54, 1.807) is 6.08 Å². The van der Waals surface area contributed by atoms with Gasteiger partial charge in [-0.3, -0.25) is 14.2 Å². The normalized spacial score (nSPS) is 21.9. The van der Waals surface area contributed by atoms with Crippen LogP contribution in [-0.4, -0.2) is 59.3 Å². The quantitative estimate of drug-likeness (QED) is 0.378. The number of likely N-dealkylation sites (tertiary alicyclic amines) is 1. The molecule has 0 aliphatic carbocycles. The average molecular weight is 500 g/mol. The van der Waals surface area contributed by atoms with Crippen LogP contribution in [0.4, 0.5) is 17.6 Å². The Kier molecular flexibility index (Phi) is 6.72. The summed E-state index contributed by atoms with van der Waals surface area (Å²) in [7, 11) is 0. The zero-order chi connectivity index (χ0) is 25.6. The second kappa shape index (κ2) is 9.67. The highest BCUT2D eigenvalue weighted by Crippen LogP contribution is 2.43. The molecule has 7 heteroatoms. The van der Waals surface area contributed by atoms with Crippen LogP contribution < -0.4 is 0 Å². The molecule has 0 radical (unpaired) electrons. The maximum absolute atomic E-state index is 15.7. The summed E-state index contributed by atoms with van der Waals surface area (Å²) in [6.45, 7) is 6.72. The molecule has 192 valence electrons. The zero-order valence-electron chi connectivity index (χ0n) is 21.0. The standard InChI is InChI=1S/C29H33F4N3/c1-18-11-22-21-8-4-5-9-25(21)34-27(22)28(36(18)17-29(2,3)33)26-23(31)12-19(13-24(26)32)7-6-10-35-15-20(14-30)16-35/h4-9,12-13,18,20,28,34H,10-11,14-17H2,1-3H3/b7-6+/t18-,28-/m1/s1. The van der Waals surface area contributed by atoms with Crippen LogP contribution >= 0.6 is 0 Å². The number of hydrogen-bond donors (Lipinski definition) is 1. The number of rotatable bonds is 7. The first-order valence-electron chi connectivity index (χ1n) is 12.6. The van der Waals surface area contributed by atoms with E-state index in [1.807, 2.05) is 42.2 Å². The van der Waals surface area contributed by atoms with Crippen LogP contribution in [0.1, 0.15) is 49.2 Å². The number of fused-ring (bicyclic) bond motifs is 3. The largest absolute Gasteiger partial charge is 0.357 e. The monoisotopic (exact) mass is 499 g/mol. The van der Waals surface area contributed by atoms with Crippen molar-refractivity contribution in [2.75, 3.05) is 32.9 Å². The Balaban J connectivity index is 1.51. The van der Waals surface area contributed by atoms with E-state index in [-0.39, 0.29) is 30.7 Å². The molecule has 0 amide bonds. The molecule has 3 heterocycles. The zero-order valence-corrected chi connectivity index (χ0v) is 21.0. The first-order valence-corrected chi connectivity index (χ1v) is 12.6. The van der Waals surface area contributed by atoms with E-state index in [0.717, 1.165) is 22.2 Å². The predicted octanol–water partition coefficient (Wildman–Crippen LogP) is 6.44. The molecule has 5 rings (SSSR count). The lowest BCUT2D eigenvalue weighted by Gasteiger charge is -2.43. The van der Waals surface area contributed by atoms with Crippen molar-refractivity contribution in [2.24, 2.45) is 5.92 Å². The molecule has 2 aliphatic heterocycles. The van der Waals surface area contributed by atoms with E-state index in [1.165, 1.54) is 26.0 Å². The van der Waals surface area contributed by atoms with Crippen molar-refractivity contribution >= 4 is 17.0 Å². The molecule has 2 aromatic carbocycles. The van der Waals surface area contributed by atoms with Gasteiger partial charge in [-0.1, -0.05) is 30.4 Å². The number of aromatic nitrogens is 1. The maximum Gasteiger partial charge on any atom is 0.131 e. The van der Waals surface area contributed by atoms with Crippen LogP contribution in [0.2, 0.25) is 0 Å². The minimum Gasteiger partial charge on any atom is -0.357 e. The van der Waals surface area contributed by atoms with E-state index >= 15 is 8.78 Å². The lowest BCUT2D eigenvalue weighted by atomic mass is 9.87. The van der Waals surface area contributed by atoms with Crippen molar-refractivity contribution in [3.8, 4) is 0 Å². The summed E-state index contributed by atoms with van der Waals surface area (Å²) in [6, 6.07) is 9.64. The molecule has 0 bridgehead atoms. The number of alkyl halides is 2. The van der Waals surface area contributed by atoms with Gasteiger partial charge in [-0.15, -0.1) is 0 Å². The third-order valence-corrected chi connectivity index (χ3v) is 7.38. The number of nitrogens with zero attached hydrogens (tertiary/aromatic N) is 2. The van der Waals surface area contributed by atoms with Gasteiger partial charge in [-0.25, -0.2) is 13.2 Å². The van der Waals surface area contributed by atoms with Crippen LogP contribution in [0, 0.1) is 17.6 Å². The Hall–Kier alpha value is -2.64. The molecule has 3 nitrogen and oxygen atoms in total. The summed E-state index contributed by atoms with van der Waals surface area (Å²) in [5.74, 6) is -1.21. The van der Waals surface area contributed by atoms with E-state index in [4.69, 9.17) is 0 Å². The third-order valence-electron chi connectivity index (χ3n) is 7.38. The second-order valence-electron chi connectivity index (χ2n) is 10.9. The Morgan fingerprint density at radius 1 is 1.11 bits per heavy atom. The SMILES string of the molecule is C[C@@H]1Cc2c([nH]c3ccccc23)[C@@H](c2c(F)cc(/C=C/CN3CC(CF)C3)cc2F)N1CC(C)(C)F. The fourth-order valence-corrected chi connectivity index (χ4v) is 5.72. The fourth-order valence-electron chi connectivity index (χ4n) is 5.72. The molecule has 1 N–H and O–H groups in total. The smallest absolute Gasteiger partial charge is 0.131 e. The predicted molar refractivity (Wildman–Crippen MR) is 136 cm³/mol. The topological polar surface area (TPSA) is 22.3 Å². The van der Waals surface area contributed by atoms with Crippen molar-refractivity contribution in [3.63, 3.8) is 0 Å². The van der Waals surface area contributed by atoms with Gasteiger partial charge in [-0.2, -0.15) is 0 Å². The van der Waals surface area contributed by atoms with E-state index in [0.29, 0.717) is 31.6 Å². The third kappa shape index (κ3) is 4.83. The summed E-state index contributed by atoms with van der Waals surface area (Å²) in [5, 5.41) is 1.03. The van der Waals surface area contributed by atoms with Gasteiger partial charge in [0.2, 0.25) is 0 Å². The van der Waals surface area contributed by atoms with Gasteiger partial charge in [0.25, 0.3) is 0 Å². The van der Waals surface area contributed by atoms with E-state index in [2.05, 4.69) is 9.88 Å². The molecular weight excluding hydrogens is 466 g/mol. The number of halogens is 4. The molecule has 0 unspecified atom stereocenters. The van der Waals surface area contributed by atoms with Gasteiger partial charge in [-0.05, 0) is 56.5 Å². The molecule has 1 fully saturated rings. The highest BCUT2D eigenvalue weighted by atomic mass is 19.1. The molecule has 1 aromatic heterocycles. The van der Waals surface area contributed by atoms with Crippen LogP contribution in [-0.2, 0) is 6.42 Å². The molecule has 3 aromatic rings. The van der Waals surface area contributed by atoms with E-state index in [9.17, 15) is 8.78 Å². The first kappa shape index (κ1) is 25.0. The number of para-hydroxylation sites is 1. The second-order valence-corrected chi connectivity index (χ2v) is 10.9. The summed E-state index contributed by atoms with van der Waals surface area (Å²) in [4.78, 5) is 7.35. The van der Waals surface area contributed by atoms with Gasteiger partial charge in [0.05, 0.1) is 12.7 Å². The lowest BCUT2D eigenvalue weighted by molar-refractivity contribution is 0.0643. The highest BCUT2D eigenvalue weighted by molar-refractivity contribution is 5.85. The molecule has 2 aliphatic rings. The number of hydrogen-bond acceptors (Lipinski definition) is 2. The number of benzene rings is 2. The summed E-state index contributed by atoms with van der Waals surface area (Å²) in [5.41, 5.74) is 1.48. The molecule has 0 spiro atoms. The van der Waals surface area contributed by atoms with Crippen LogP contribution in [0.25, 0.3) is 17.0 Å². The average Bonchev–Trinajstić information content (AvgIpc) is 3.14. The number of H-pyrrole nitrogens is 1. The molecule has 1 saturated heterocycles. The van der Waals surface area contributed by atoms with Gasteiger partial charge >= 0.3 is 0 Å². The Bertz CT molecular complexity index is 1250. The van der Waals surface area contributed by atoms with Crippen LogP contribution in [0.15, 0.2) is 42.5 Å². The van der Waals surface area contributed by atoms with E-state index < -0.39 is 23.3 Å². The molecule has 2 atom stereocenters. The van der Waals surface area contributed by atoms with Crippen LogP contribution in [0.3, 0.4) is 0 Å². The minimum absolute atomic E-state index is 0.0455. The van der Waals surface area contributed by atoms with Crippen molar-refractivity contribution in [1.29, 1.82) is 0 Å². The lowest BCUT2D eigenvalue weighted by Crippen LogP contribution is -2.48. The first-order chi connectivity index (χ1) is 17.1. The summed E-state index contributed by atoms with van der Waals surface area (Å²) >= 11 is 0. The van der Waals surface area contributed by atoms with Crippen LogP contribution in [0.5, 0.6) is 0 Å². The van der Waals surface area contributed by atoms with Gasteiger partial charge in [0.1, 0.15) is 17.3 Å². The summed E-state index contributed by atoms with van der Waals surface area (Å²) in [6.07, 6.45) is 4.20. The number of nitrogens with one attached hydrogen (secondary N) is 1. The number of aromatic amines is 1. The maximum atomic E-state index is 15.7. The van der Waals surface area contributed by atoms with Gasteiger partial charge < -0.3 is 4.98 Å². The van der Waals surface area contributed by atoms with Gasteiger partial charge in [0, 0.05) is 60.3 Å².